The highest BCUT2D eigenvalue weighted by Crippen LogP contribution is 1.98. The summed E-state index contributed by atoms with van der Waals surface area (Å²) in [5.74, 6) is 0. The molecule has 0 heterocycles. The van der Waals surface area contributed by atoms with Crippen LogP contribution in [0.15, 0.2) is 0 Å². The first-order chi connectivity index (χ1) is 6.60. The highest BCUT2D eigenvalue weighted by Gasteiger charge is 2.10. The van der Waals surface area contributed by atoms with Gasteiger partial charge in [-0.15, -0.1) is 0 Å². The summed E-state index contributed by atoms with van der Waals surface area (Å²) < 4.78 is 23.8. The Morgan fingerprint density at radius 2 is 2.14 bits per heavy atom. The summed E-state index contributed by atoms with van der Waals surface area (Å²) in [5.41, 5.74) is 0. The molecule has 0 saturated carbocycles. The lowest BCUT2D eigenvalue weighted by molar-refractivity contribution is 0.0992. The number of rotatable bonds is 7. The van der Waals surface area contributed by atoms with Crippen molar-refractivity contribution in [3.05, 3.63) is 0 Å². The Hall–Kier alpha value is -0.730. The summed E-state index contributed by atoms with van der Waals surface area (Å²) >= 11 is 0. The van der Waals surface area contributed by atoms with Crippen LogP contribution in [0.2, 0.25) is 0 Å². The Kier molecular flexibility index (Phi) is 7.25. The Morgan fingerprint density at radius 1 is 1.50 bits per heavy atom. The Labute approximate surface area is 83.7 Å². The number of alkyl halides is 2. The van der Waals surface area contributed by atoms with Crippen LogP contribution in [0.1, 0.15) is 13.3 Å². The van der Waals surface area contributed by atoms with Gasteiger partial charge in [-0.05, 0) is 20.0 Å². The third kappa shape index (κ3) is 6.75. The molecule has 0 bridgehead atoms. The second-order valence-electron chi connectivity index (χ2n) is 3.18. The topological polar surface area (TPSA) is 39.1 Å². The minimum absolute atomic E-state index is 0.232. The van der Waals surface area contributed by atoms with E-state index in [0.29, 0.717) is 13.0 Å². The Bertz CT molecular complexity index is 179. The lowest BCUT2D eigenvalue weighted by Crippen LogP contribution is -2.33. The molecule has 0 aliphatic carbocycles. The molecule has 14 heavy (non-hydrogen) atoms. The lowest BCUT2D eigenvalue weighted by atomic mass is 10.2. The molecule has 0 aromatic carbocycles. The number of nitrogens with one attached hydrogen (secondary N) is 1. The van der Waals surface area contributed by atoms with E-state index in [1.165, 1.54) is 4.90 Å². The number of hydrogen-bond donors (Lipinski definition) is 1. The van der Waals surface area contributed by atoms with Crippen molar-refractivity contribution in [2.45, 2.75) is 25.8 Å². The van der Waals surface area contributed by atoms with Crippen molar-refractivity contribution in [3.63, 3.8) is 0 Å². The first-order valence-corrected chi connectivity index (χ1v) is 4.69. The largest absolute Gasteiger partial charge is 0.302 e. The predicted molar refractivity (Wildman–Crippen MR) is 51.2 cm³/mol. The van der Waals surface area contributed by atoms with Crippen LogP contribution >= 0.6 is 0 Å². The molecular formula is C9H17F2N3. The molecule has 0 fully saturated rings. The normalized spacial score (nSPS) is 13.2. The van der Waals surface area contributed by atoms with Crippen LogP contribution in [0.4, 0.5) is 8.78 Å². The molecule has 1 atom stereocenters. The molecule has 0 aromatic rings. The lowest BCUT2D eigenvalue weighted by Gasteiger charge is -2.17. The maximum absolute atomic E-state index is 11.9. The fraction of sp³-hybridized carbons (Fsp3) is 0.889. The number of nitrogens with zero attached hydrogens (tertiary/aromatic N) is 2. The van der Waals surface area contributed by atoms with Crippen molar-refractivity contribution in [1.29, 1.82) is 5.26 Å². The maximum atomic E-state index is 11.9. The third-order valence-corrected chi connectivity index (χ3v) is 1.86. The fourth-order valence-corrected chi connectivity index (χ4v) is 1.14. The fourth-order valence-electron chi connectivity index (χ4n) is 1.14. The van der Waals surface area contributed by atoms with Crippen LogP contribution in [0.3, 0.4) is 0 Å². The molecule has 5 heteroatoms. The summed E-state index contributed by atoms with van der Waals surface area (Å²) in [7, 11) is 1.63. The minimum atomic E-state index is -2.31. The van der Waals surface area contributed by atoms with E-state index in [0.717, 1.165) is 6.54 Å². The van der Waals surface area contributed by atoms with Crippen LogP contribution in [0, 0.1) is 11.3 Å². The molecular weight excluding hydrogens is 188 g/mol. The van der Waals surface area contributed by atoms with Crippen molar-refractivity contribution >= 4 is 0 Å². The zero-order chi connectivity index (χ0) is 11.0. The summed E-state index contributed by atoms with van der Waals surface area (Å²) in [6.07, 6.45) is -1.73. The molecule has 0 aliphatic heterocycles. The van der Waals surface area contributed by atoms with Crippen LogP contribution in [0.5, 0.6) is 0 Å². The van der Waals surface area contributed by atoms with Gasteiger partial charge in [0.05, 0.1) is 18.7 Å². The van der Waals surface area contributed by atoms with Crippen LogP contribution < -0.4 is 5.32 Å². The summed E-state index contributed by atoms with van der Waals surface area (Å²) in [6.45, 7) is 2.91. The number of hydrogen-bond acceptors (Lipinski definition) is 3. The van der Waals surface area contributed by atoms with Crippen molar-refractivity contribution in [3.8, 4) is 6.07 Å². The Morgan fingerprint density at radius 3 is 2.57 bits per heavy atom. The first-order valence-electron chi connectivity index (χ1n) is 4.69. The van der Waals surface area contributed by atoms with Gasteiger partial charge in [-0.2, -0.15) is 5.26 Å². The SMILES string of the molecule is CCNC(C#N)CCN(C)CC(F)F. The van der Waals surface area contributed by atoms with Gasteiger partial charge in [-0.25, -0.2) is 8.78 Å². The monoisotopic (exact) mass is 205 g/mol. The van der Waals surface area contributed by atoms with Crippen LogP contribution in [-0.2, 0) is 0 Å². The van der Waals surface area contributed by atoms with Gasteiger partial charge < -0.3 is 10.2 Å². The van der Waals surface area contributed by atoms with Crippen molar-refractivity contribution in [2.24, 2.45) is 0 Å². The molecule has 0 aromatic heterocycles. The number of halogens is 2. The summed E-state index contributed by atoms with van der Waals surface area (Å²) in [5, 5.41) is 11.6. The average Bonchev–Trinajstić information content (AvgIpc) is 2.11. The highest BCUT2D eigenvalue weighted by atomic mass is 19.3. The predicted octanol–water partition coefficient (Wildman–Crippen LogP) is 1.08. The molecule has 0 amide bonds. The van der Waals surface area contributed by atoms with Crippen molar-refractivity contribution in [1.82, 2.24) is 10.2 Å². The standard InChI is InChI=1S/C9H17F2N3/c1-3-13-8(6-12)4-5-14(2)7-9(10)11/h8-9,13H,3-5,7H2,1-2H3. The molecule has 0 rings (SSSR count). The van der Waals surface area contributed by atoms with Gasteiger partial charge in [0.2, 0.25) is 0 Å². The van der Waals surface area contributed by atoms with Gasteiger partial charge in [-0.3, -0.25) is 0 Å². The smallest absolute Gasteiger partial charge is 0.251 e. The second kappa shape index (κ2) is 7.65. The zero-order valence-electron chi connectivity index (χ0n) is 8.63. The number of nitriles is 1. The summed E-state index contributed by atoms with van der Waals surface area (Å²) in [6, 6.07) is 1.85. The van der Waals surface area contributed by atoms with Gasteiger partial charge in [0.1, 0.15) is 0 Å². The van der Waals surface area contributed by atoms with Gasteiger partial charge in [0.15, 0.2) is 0 Å². The molecule has 0 saturated heterocycles. The van der Waals surface area contributed by atoms with Crippen molar-refractivity contribution < 1.29 is 8.78 Å². The van der Waals surface area contributed by atoms with E-state index in [4.69, 9.17) is 5.26 Å². The minimum Gasteiger partial charge on any atom is -0.302 e. The van der Waals surface area contributed by atoms with Gasteiger partial charge in [-0.1, -0.05) is 6.92 Å². The van der Waals surface area contributed by atoms with Gasteiger partial charge >= 0.3 is 0 Å². The van der Waals surface area contributed by atoms with E-state index in [1.54, 1.807) is 7.05 Å². The quantitative estimate of drug-likeness (QED) is 0.676. The molecule has 0 radical (unpaired) electrons. The van der Waals surface area contributed by atoms with E-state index in [9.17, 15) is 8.78 Å². The summed E-state index contributed by atoms with van der Waals surface area (Å²) in [4.78, 5) is 1.53. The van der Waals surface area contributed by atoms with E-state index in [2.05, 4.69) is 11.4 Å². The molecule has 0 aliphatic rings. The van der Waals surface area contributed by atoms with Crippen LogP contribution in [-0.4, -0.2) is 44.0 Å². The van der Waals surface area contributed by atoms with Crippen molar-refractivity contribution in [2.75, 3.05) is 26.7 Å². The van der Waals surface area contributed by atoms with E-state index in [-0.39, 0.29) is 12.6 Å². The first kappa shape index (κ1) is 13.3. The van der Waals surface area contributed by atoms with E-state index in [1.807, 2.05) is 6.92 Å². The zero-order valence-corrected chi connectivity index (χ0v) is 8.63. The molecule has 3 nitrogen and oxygen atoms in total. The van der Waals surface area contributed by atoms with Gasteiger partial charge in [0, 0.05) is 6.54 Å². The van der Waals surface area contributed by atoms with Gasteiger partial charge in [0.25, 0.3) is 6.43 Å². The molecule has 1 N–H and O–H groups in total. The van der Waals surface area contributed by atoms with E-state index < -0.39 is 6.43 Å². The molecule has 1 unspecified atom stereocenters. The highest BCUT2D eigenvalue weighted by molar-refractivity contribution is 4.89. The Balaban J connectivity index is 3.63. The third-order valence-electron chi connectivity index (χ3n) is 1.86. The maximum Gasteiger partial charge on any atom is 0.251 e. The second-order valence-corrected chi connectivity index (χ2v) is 3.18. The van der Waals surface area contributed by atoms with Crippen LogP contribution in [0.25, 0.3) is 0 Å². The van der Waals surface area contributed by atoms with E-state index >= 15 is 0 Å². The molecule has 82 valence electrons. The molecule has 0 spiro atoms. The average molecular weight is 205 g/mol.